The molecule has 4 amide bonds. The third kappa shape index (κ3) is 12.0. The van der Waals surface area contributed by atoms with Crippen molar-refractivity contribution in [2.24, 2.45) is 17.6 Å². The summed E-state index contributed by atoms with van der Waals surface area (Å²) in [5.41, 5.74) is 5.70. The van der Waals surface area contributed by atoms with E-state index in [1.807, 2.05) is 66.7 Å². The van der Waals surface area contributed by atoms with Crippen LogP contribution in [0, 0.1) is 11.8 Å². The largest absolute Gasteiger partial charge is 0.444 e. The van der Waals surface area contributed by atoms with Crippen molar-refractivity contribution in [3.8, 4) is 0 Å². The van der Waals surface area contributed by atoms with Crippen molar-refractivity contribution in [2.75, 3.05) is 6.54 Å². The fourth-order valence-corrected chi connectivity index (χ4v) is 5.87. The molecule has 0 unspecified atom stereocenters. The summed E-state index contributed by atoms with van der Waals surface area (Å²) in [7, 11) is 0. The molecule has 0 aliphatic carbocycles. The number of carbonyl (C=O) groups excluding carboxylic acids is 4. The number of alkyl carbamates (subject to hydrolysis) is 1. The van der Waals surface area contributed by atoms with E-state index in [9.17, 15) is 24.3 Å². The Balaban J connectivity index is 1.97. The van der Waals surface area contributed by atoms with Gasteiger partial charge >= 0.3 is 6.09 Å². The van der Waals surface area contributed by atoms with Crippen LogP contribution in [0.15, 0.2) is 91.0 Å². The maximum Gasteiger partial charge on any atom is 0.408 e. The van der Waals surface area contributed by atoms with E-state index >= 15 is 0 Å². The molecule has 0 aliphatic heterocycles. The Kier molecular flexibility index (Phi) is 14.4. The summed E-state index contributed by atoms with van der Waals surface area (Å²) in [6.45, 7) is 8.90. The Morgan fingerprint density at radius 3 is 1.80 bits per heavy atom. The van der Waals surface area contributed by atoms with E-state index in [4.69, 9.17) is 10.5 Å². The zero-order valence-corrected chi connectivity index (χ0v) is 29.3. The van der Waals surface area contributed by atoms with Gasteiger partial charge in [0.2, 0.25) is 17.7 Å². The lowest BCUT2D eigenvalue weighted by Gasteiger charge is -2.40. The lowest BCUT2D eigenvalue weighted by Crippen LogP contribution is -2.69. The second-order valence-electron chi connectivity index (χ2n) is 13.8. The van der Waals surface area contributed by atoms with Gasteiger partial charge in [-0.05, 0) is 69.1 Å². The topological polar surface area (TPSA) is 160 Å². The van der Waals surface area contributed by atoms with Gasteiger partial charge in [0.1, 0.15) is 11.6 Å². The molecule has 0 radical (unpaired) electrons. The lowest BCUT2D eigenvalue weighted by molar-refractivity contribution is -0.140. The van der Waals surface area contributed by atoms with Gasteiger partial charge in [-0.15, -0.1) is 0 Å². The summed E-state index contributed by atoms with van der Waals surface area (Å²) >= 11 is 0. The highest BCUT2D eigenvalue weighted by Gasteiger charge is 2.49. The van der Waals surface area contributed by atoms with Crippen molar-refractivity contribution in [3.05, 3.63) is 108 Å². The number of nitrogens with one attached hydrogen (secondary N) is 3. The number of aliphatic hydroxyl groups excluding tert-OH is 1. The predicted molar refractivity (Wildman–Crippen MR) is 190 cm³/mol. The first-order chi connectivity index (χ1) is 23.2. The van der Waals surface area contributed by atoms with E-state index in [0.29, 0.717) is 31.4 Å². The Bertz CT molecular complexity index is 1490. The zero-order valence-electron chi connectivity index (χ0n) is 29.3. The van der Waals surface area contributed by atoms with Crippen LogP contribution >= 0.6 is 0 Å². The molecule has 0 saturated heterocycles. The second kappa shape index (κ2) is 18.2. The second-order valence-corrected chi connectivity index (χ2v) is 13.8. The van der Waals surface area contributed by atoms with E-state index in [-0.39, 0.29) is 12.8 Å². The first-order valence-electron chi connectivity index (χ1n) is 16.9. The van der Waals surface area contributed by atoms with Gasteiger partial charge in [-0.1, -0.05) is 105 Å². The third-order valence-corrected chi connectivity index (χ3v) is 8.34. The Morgan fingerprint density at radius 1 is 0.796 bits per heavy atom. The summed E-state index contributed by atoms with van der Waals surface area (Å²) in [6.07, 6.45) is -0.671. The van der Waals surface area contributed by atoms with Crippen LogP contribution in [0.3, 0.4) is 0 Å². The zero-order chi connectivity index (χ0) is 36.0. The van der Waals surface area contributed by atoms with Gasteiger partial charge in [-0.2, -0.15) is 0 Å². The monoisotopic (exact) mass is 672 g/mol. The molecule has 0 bridgehead atoms. The van der Waals surface area contributed by atoms with Gasteiger partial charge in [0.15, 0.2) is 5.54 Å². The minimum absolute atomic E-state index is 0.125. The highest BCUT2D eigenvalue weighted by molar-refractivity contribution is 5.97. The fraction of sp³-hybridized carbons (Fsp3) is 0.436. The molecule has 0 saturated carbocycles. The van der Waals surface area contributed by atoms with E-state index in [2.05, 4.69) is 16.0 Å². The van der Waals surface area contributed by atoms with Crippen molar-refractivity contribution < 1.29 is 29.0 Å². The maximum absolute atomic E-state index is 14.6. The molecule has 4 atom stereocenters. The molecule has 0 fully saturated rings. The minimum atomic E-state index is -2.00. The van der Waals surface area contributed by atoms with Crippen molar-refractivity contribution >= 4 is 23.8 Å². The number of primary amides is 1. The van der Waals surface area contributed by atoms with Crippen LogP contribution in [-0.4, -0.2) is 58.8 Å². The third-order valence-electron chi connectivity index (χ3n) is 8.34. The van der Waals surface area contributed by atoms with Crippen molar-refractivity contribution in [2.45, 2.75) is 90.0 Å². The lowest BCUT2D eigenvalue weighted by atomic mass is 9.80. The molecule has 10 nitrogen and oxygen atoms in total. The van der Waals surface area contributed by atoms with Gasteiger partial charge in [0, 0.05) is 13.0 Å². The molecular weight excluding hydrogens is 620 g/mol. The average Bonchev–Trinajstić information content (AvgIpc) is 3.04. The van der Waals surface area contributed by atoms with Crippen LogP contribution in [-0.2, 0) is 38.4 Å². The summed E-state index contributed by atoms with van der Waals surface area (Å²) in [6, 6.07) is 26.9. The molecular formula is C39H52N4O6. The number of aliphatic hydroxyl groups is 1. The molecule has 0 spiro atoms. The Hall–Kier alpha value is -4.70. The summed E-state index contributed by atoms with van der Waals surface area (Å²) < 4.78 is 5.57. The van der Waals surface area contributed by atoms with Gasteiger partial charge in [0.25, 0.3) is 0 Å². The first-order valence-corrected chi connectivity index (χ1v) is 16.9. The maximum atomic E-state index is 14.6. The van der Waals surface area contributed by atoms with E-state index < -0.39 is 58.9 Å². The van der Waals surface area contributed by atoms with Crippen molar-refractivity contribution in [3.63, 3.8) is 0 Å². The highest BCUT2D eigenvalue weighted by atomic mass is 16.6. The molecule has 6 N–H and O–H groups in total. The number of hydrogen-bond acceptors (Lipinski definition) is 6. The van der Waals surface area contributed by atoms with Gasteiger partial charge in [0.05, 0.1) is 12.0 Å². The van der Waals surface area contributed by atoms with E-state index in [1.54, 1.807) is 58.9 Å². The number of nitrogens with two attached hydrogens (primary N) is 1. The Labute approximate surface area is 290 Å². The van der Waals surface area contributed by atoms with Crippen molar-refractivity contribution in [1.29, 1.82) is 0 Å². The molecule has 3 aromatic carbocycles. The van der Waals surface area contributed by atoms with Crippen LogP contribution in [0.2, 0.25) is 0 Å². The quantitative estimate of drug-likeness (QED) is 0.142. The van der Waals surface area contributed by atoms with Crippen LogP contribution in [0.25, 0.3) is 0 Å². The molecule has 264 valence electrons. The summed E-state index contributed by atoms with van der Waals surface area (Å²) in [5, 5.41) is 20.2. The van der Waals surface area contributed by atoms with Gasteiger partial charge in [-0.25, -0.2) is 4.79 Å². The Morgan fingerprint density at radius 2 is 1.31 bits per heavy atom. The number of hydrogen-bond donors (Lipinski definition) is 5. The van der Waals surface area contributed by atoms with Crippen LogP contribution in [0.5, 0.6) is 0 Å². The van der Waals surface area contributed by atoms with Crippen LogP contribution in [0.4, 0.5) is 4.79 Å². The molecule has 0 aliphatic rings. The number of amides is 4. The molecule has 10 heteroatoms. The number of benzene rings is 3. The highest BCUT2D eigenvalue weighted by Crippen LogP contribution is 2.26. The van der Waals surface area contributed by atoms with Crippen molar-refractivity contribution in [1.82, 2.24) is 16.0 Å². The number of ether oxygens (including phenoxy) is 1. The molecule has 3 aromatic rings. The van der Waals surface area contributed by atoms with Gasteiger partial charge < -0.3 is 31.5 Å². The fourth-order valence-electron chi connectivity index (χ4n) is 5.87. The normalized spacial score (nSPS) is 14.5. The standard InChI is InChI=1S/C39H52N4O6/c1-27(2)32(35(46)41-25-24-29-18-11-7-12-19-29)33(34(40)45)42-36(47)39(26-30-20-13-8-14-21-30,43-37(48)49-38(3,4)5)31(44)23-15-22-28-16-9-6-10-17-28/h6-14,16-21,27,31-33,44H,15,22-26H2,1-5H3,(H2,40,45)(H,41,46)(H,42,47)(H,43,48)/t31-,32+,33-,39+/m1/s1. The first kappa shape index (κ1) is 38.7. The summed E-state index contributed by atoms with van der Waals surface area (Å²) in [5.74, 6) is -3.68. The van der Waals surface area contributed by atoms with E-state index in [1.165, 1.54) is 0 Å². The van der Waals surface area contributed by atoms with E-state index in [0.717, 1.165) is 11.1 Å². The SMILES string of the molecule is CC(C)[C@H](C(=O)NCCc1ccccc1)[C@@H](NC(=O)[C@@](Cc1ccccc1)(NC(=O)OC(C)(C)C)[C@H](O)CCCc1ccccc1)C(N)=O. The van der Waals surface area contributed by atoms with Gasteiger partial charge in [-0.3, -0.25) is 14.4 Å². The molecule has 3 rings (SSSR count). The number of rotatable bonds is 17. The molecule has 0 heterocycles. The van der Waals surface area contributed by atoms with Crippen LogP contribution < -0.4 is 21.7 Å². The average molecular weight is 673 g/mol. The molecule has 49 heavy (non-hydrogen) atoms. The predicted octanol–water partition coefficient (Wildman–Crippen LogP) is 4.48. The number of carbonyl (C=O) groups is 4. The van der Waals surface area contributed by atoms with Crippen LogP contribution in [0.1, 0.15) is 64.2 Å². The molecule has 0 aromatic heterocycles. The summed E-state index contributed by atoms with van der Waals surface area (Å²) in [4.78, 5) is 54.6. The minimum Gasteiger partial charge on any atom is -0.444 e. The smallest absolute Gasteiger partial charge is 0.408 e. The number of aryl methyl sites for hydroxylation is 1.